The molecule has 7 heteroatoms. The SMILES string of the molecule is CCCCCCCCCO[C@@H]1[C@H]2OC3(CCCCC3)O[C@H]2O[C@@H]1[C@H](C)NC(=O)Nc1ccc(C)cc1. The summed E-state index contributed by atoms with van der Waals surface area (Å²) >= 11 is 0. The van der Waals surface area contributed by atoms with Crippen molar-refractivity contribution in [2.24, 2.45) is 0 Å². The lowest BCUT2D eigenvalue weighted by Gasteiger charge is -2.35. The van der Waals surface area contributed by atoms with E-state index in [1.807, 2.05) is 38.1 Å². The van der Waals surface area contributed by atoms with E-state index in [4.69, 9.17) is 18.9 Å². The Morgan fingerprint density at radius 1 is 1.03 bits per heavy atom. The number of urea groups is 1. The number of anilines is 1. The highest BCUT2D eigenvalue weighted by Gasteiger charge is 2.59. The summed E-state index contributed by atoms with van der Waals surface area (Å²) < 4.78 is 25.7. The number of fused-ring (bicyclic) bond motifs is 1. The van der Waals surface area contributed by atoms with Gasteiger partial charge in [0, 0.05) is 25.1 Å². The first kappa shape index (κ1) is 27.4. The second-order valence-electron chi connectivity index (χ2n) is 10.9. The average molecular weight is 503 g/mol. The summed E-state index contributed by atoms with van der Waals surface area (Å²) in [6.07, 6.45) is 12.6. The third-order valence-corrected chi connectivity index (χ3v) is 7.72. The monoisotopic (exact) mass is 502 g/mol. The molecular weight excluding hydrogens is 456 g/mol. The Labute approximate surface area is 217 Å². The zero-order chi connectivity index (χ0) is 25.4. The van der Waals surface area contributed by atoms with Crippen LogP contribution in [0.25, 0.3) is 0 Å². The molecule has 2 saturated heterocycles. The van der Waals surface area contributed by atoms with E-state index in [0.717, 1.165) is 43.4 Å². The highest BCUT2D eigenvalue weighted by Crippen LogP contribution is 2.46. The molecule has 0 radical (unpaired) electrons. The molecule has 7 nitrogen and oxygen atoms in total. The predicted molar refractivity (Wildman–Crippen MR) is 141 cm³/mol. The van der Waals surface area contributed by atoms with Crippen LogP contribution in [0.5, 0.6) is 0 Å². The molecule has 1 saturated carbocycles. The van der Waals surface area contributed by atoms with Gasteiger partial charge in [0.15, 0.2) is 12.1 Å². The van der Waals surface area contributed by atoms with Crippen LogP contribution in [0.4, 0.5) is 10.5 Å². The standard InChI is InChI=1S/C29H46N2O5/c1-4-5-6-7-8-9-13-20-33-25-24(22(3)30-28(32)31-23-16-14-21(2)15-17-23)34-27-26(25)35-29(36-27)18-11-10-12-19-29/h14-17,22,24-27H,4-13,18-20H2,1-3H3,(H2,30,31,32)/t22-,24+,25-,26+,27+/m0/s1. The third-order valence-electron chi connectivity index (χ3n) is 7.72. The van der Waals surface area contributed by atoms with Crippen LogP contribution >= 0.6 is 0 Å². The molecule has 36 heavy (non-hydrogen) atoms. The number of aryl methyl sites for hydroxylation is 1. The summed E-state index contributed by atoms with van der Waals surface area (Å²) in [5, 5.41) is 5.95. The Morgan fingerprint density at radius 3 is 2.44 bits per heavy atom. The molecule has 202 valence electrons. The highest BCUT2D eigenvalue weighted by molar-refractivity contribution is 5.89. The van der Waals surface area contributed by atoms with Crippen molar-refractivity contribution >= 4 is 11.7 Å². The first-order chi connectivity index (χ1) is 17.5. The van der Waals surface area contributed by atoms with Gasteiger partial charge in [0.2, 0.25) is 0 Å². The van der Waals surface area contributed by atoms with Crippen molar-refractivity contribution in [2.45, 2.75) is 134 Å². The number of unbranched alkanes of at least 4 members (excludes halogenated alkanes) is 6. The van der Waals surface area contributed by atoms with E-state index in [1.54, 1.807) is 0 Å². The average Bonchev–Trinajstić information content (AvgIpc) is 3.37. The Balaban J connectivity index is 1.32. The minimum atomic E-state index is -0.529. The number of rotatable bonds is 12. The Morgan fingerprint density at radius 2 is 1.72 bits per heavy atom. The van der Waals surface area contributed by atoms with Crippen molar-refractivity contribution in [2.75, 3.05) is 11.9 Å². The summed E-state index contributed by atoms with van der Waals surface area (Å²) in [5.41, 5.74) is 1.91. The van der Waals surface area contributed by atoms with Crippen LogP contribution in [0.15, 0.2) is 24.3 Å². The lowest BCUT2D eigenvalue weighted by molar-refractivity contribution is -0.250. The van der Waals surface area contributed by atoms with Gasteiger partial charge in [-0.15, -0.1) is 0 Å². The molecule has 4 rings (SSSR count). The number of ether oxygens (including phenoxy) is 4. The predicted octanol–water partition coefficient (Wildman–Crippen LogP) is 6.44. The van der Waals surface area contributed by atoms with E-state index in [-0.39, 0.29) is 30.4 Å². The number of benzene rings is 1. The van der Waals surface area contributed by atoms with Crippen LogP contribution < -0.4 is 10.6 Å². The maximum Gasteiger partial charge on any atom is 0.319 e. The maximum atomic E-state index is 12.7. The maximum absolute atomic E-state index is 12.7. The van der Waals surface area contributed by atoms with Crippen LogP contribution in [-0.2, 0) is 18.9 Å². The van der Waals surface area contributed by atoms with E-state index in [0.29, 0.717) is 6.61 Å². The number of hydrogen-bond donors (Lipinski definition) is 2. The molecule has 2 amide bonds. The van der Waals surface area contributed by atoms with Crippen LogP contribution in [0, 0.1) is 6.92 Å². The van der Waals surface area contributed by atoms with Crippen molar-refractivity contribution in [3.63, 3.8) is 0 Å². The highest BCUT2D eigenvalue weighted by atomic mass is 16.8. The Kier molecular flexibility index (Phi) is 10.1. The molecule has 0 unspecified atom stereocenters. The fourth-order valence-corrected chi connectivity index (χ4v) is 5.65. The summed E-state index contributed by atoms with van der Waals surface area (Å²) in [6, 6.07) is 7.22. The Bertz CT molecular complexity index is 810. The summed E-state index contributed by atoms with van der Waals surface area (Å²) in [4.78, 5) is 12.7. The van der Waals surface area contributed by atoms with Gasteiger partial charge in [-0.25, -0.2) is 4.79 Å². The van der Waals surface area contributed by atoms with Gasteiger partial charge in [-0.2, -0.15) is 0 Å². The quantitative estimate of drug-likeness (QED) is 0.322. The van der Waals surface area contributed by atoms with Gasteiger partial charge in [-0.3, -0.25) is 0 Å². The molecule has 3 fully saturated rings. The van der Waals surface area contributed by atoms with Crippen molar-refractivity contribution in [1.82, 2.24) is 5.32 Å². The minimum Gasteiger partial charge on any atom is -0.372 e. The fourth-order valence-electron chi connectivity index (χ4n) is 5.65. The number of nitrogens with one attached hydrogen (secondary N) is 2. The zero-order valence-corrected chi connectivity index (χ0v) is 22.4. The van der Waals surface area contributed by atoms with Gasteiger partial charge in [0.05, 0.1) is 6.04 Å². The number of amides is 2. The molecule has 2 N–H and O–H groups in total. The molecule has 1 aliphatic carbocycles. The van der Waals surface area contributed by atoms with Crippen LogP contribution in [0.3, 0.4) is 0 Å². The van der Waals surface area contributed by atoms with E-state index < -0.39 is 12.1 Å². The largest absolute Gasteiger partial charge is 0.372 e. The zero-order valence-electron chi connectivity index (χ0n) is 22.4. The van der Waals surface area contributed by atoms with Crippen LogP contribution in [-0.4, -0.2) is 49.1 Å². The van der Waals surface area contributed by atoms with Gasteiger partial charge in [0.1, 0.15) is 18.3 Å². The molecule has 0 aromatic heterocycles. The van der Waals surface area contributed by atoms with Crippen molar-refractivity contribution in [1.29, 1.82) is 0 Å². The molecule has 1 aromatic rings. The fraction of sp³-hybridized carbons (Fsp3) is 0.759. The summed E-state index contributed by atoms with van der Waals surface area (Å²) in [5.74, 6) is -0.529. The lowest BCUT2D eigenvalue weighted by atomic mass is 9.94. The molecule has 1 aromatic carbocycles. The van der Waals surface area contributed by atoms with Gasteiger partial charge in [-0.1, -0.05) is 69.6 Å². The molecule has 3 aliphatic rings. The van der Waals surface area contributed by atoms with E-state index in [9.17, 15) is 4.79 Å². The number of hydrogen-bond acceptors (Lipinski definition) is 5. The van der Waals surface area contributed by atoms with Crippen molar-refractivity contribution < 1.29 is 23.7 Å². The summed E-state index contributed by atoms with van der Waals surface area (Å²) in [6.45, 7) is 6.89. The van der Waals surface area contributed by atoms with E-state index >= 15 is 0 Å². The summed E-state index contributed by atoms with van der Waals surface area (Å²) in [7, 11) is 0. The first-order valence-electron chi connectivity index (χ1n) is 14.3. The van der Waals surface area contributed by atoms with E-state index in [2.05, 4.69) is 17.6 Å². The van der Waals surface area contributed by atoms with Crippen LogP contribution in [0.1, 0.15) is 96.5 Å². The second-order valence-corrected chi connectivity index (χ2v) is 10.9. The van der Waals surface area contributed by atoms with E-state index in [1.165, 1.54) is 44.9 Å². The van der Waals surface area contributed by atoms with Gasteiger partial charge in [-0.05, 0) is 45.2 Å². The van der Waals surface area contributed by atoms with Gasteiger partial charge < -0.3 is 29.6 Å². The molecule has 1 spiro atoms. The molecule has 2 heterocycles. The smallest absolute Gasteiger partial charge is 0.319 e. The Hall–Kier alpha value is -1.67. The van der Waals surface area contributed by atoms with Crippen molar-refractivity contribution in [3.8, 4) is 0 Å². The molecule has 0 bridgehead atoms. The minimum absolute atomic E-state index is 0.261. The molecule has 5 atom stereocenters. The number of carbonyl (C=O) groups excluding carboxylic acids is 1. The van der Waals surface area contributed by atoms with Crippen molar-refractivity contribution in [3.05, 3.63) is 29.8 Å². The number of carbonyl (C=O) groups is 1. The van der Waals surface area contributed by atoms with Crippen LogP contribution in [0.2, 0.25) is 0 Å². The first-order valence-corrected chi connectivity index (χ1v) is 14.3. The lowest BCUT2D eigenvalue weighted by Crippen LogP contribution is -2.50. The molecule has 2 aliphatic heterocycles. The molecular formula is C29H46N2O5. The normalized spacial score (nSPS) is 27.6. The third kappa shape index (κ3) is 7.21. The van der Waals surface area contributed by atoms with Gasteiger partial charge >= 0.3 is 6.03 Å². The van der Waals surface area contributed by atoms with Gasteiger partial charge in [0.25, 0.3) is 0 Å². The second kappa shape index (κ2) is 13.2. The topological polar surface area (TPSA) is 78.1 Å².